The van der Waals surface area contributed by atoms with Gasteiger partial charge in [-0.2, -0.15) is 18.3 Å². The first-order chi connectivity index (χ1) is 14.5. The number of alkyl halides is 5. The lowest BCUT2D eigenvalue weighted by Gasteiger charge is -2.31. The Balaban J connectivity index is 1.47. The van der Waals surface area contributed by atoms with E-state index in [2.05, 4.69) is 15.4 Å². The molecule has 3 atom stereocenters. The zero-order chi connectivity index (χ0) is 22.4. The average molecular weight is 445 g/mol. The summed E-state index contributed by atoms with van der Waals surface area (Å²) in [4.78, 5) is 16.5. The molecule has 4 rings (SSSR count). The number of amides is 1. The van der Waals surface area contributed by atoms with Gasteiger partial charge in [-0.3, -0.25) is 4.79 Å². The molecule has 2 aliphatic rings. The van der Waals surface area contributed by atoms with Crippen LogP contribution in [0.15, 0.2) is 18.3 Å². The number of rotatable bonds is 4. The molecule has 0 aromatic carbocycles. The van der Waals surface area contributed by atoms with Crippen molar-refractivity contribution in [3.63, 3.8) is 0 Å². The quantitative estimate of drug-likeness (QED) is 0.707. The smallest absolute Gasteiger partial charge is 0.355 e. The third-order valence-corrected chi connectivity index (χ3v) is 6.39. The average Bonchev–Trinajstić information content (AvgIpc) is 3.11. The van der Waals surface area contributed by atoms with Crippen LogP contribution in [0.4, 0.5) is 22.0 Å². The molecule has 3 N–H and O–H groups in total. The maximum atomic E-state index is 13.4. The summed E-state index contributed by atoms with van der Waals surface area (Å²) in [6.45, 7) is -0.402. The number of halogens is 5. The molecule has 0 bridgehead atoms. The number of piperidine rings is 1. The zero-order valence-electron chi connectivity index (χ0n) is 16.7. The lowest BCUT2D eigenvalue weighted by Crippen LogP contribution is -2.47. The van der Waals surface area contributed by atoms with Gasteiger partial charge in [-0.05, 0) is 37.3 Å². The van der Waals surface area contributed by atoms with E-state index in [-0.39, 0.29) is 31.6 Å². The number of hydrogen-bond acceptors (Lipinski definition) is 4. The molecule has 0 radical (unpaired) electrons. The molecule has 1 aliphatic heterocycles. The highest BCUT2D eigenvalue weighted by Crippen LogP contribution is 2.40. The van der Waals surface area contributed by atoms with Crippen LogP contribution >= 0.6 is 0 Å². The van der Waals surface area contributed by atoms with E-state index in [4.69, 9.17) is 5.73 Å². The molecule has 2 fully saturated rings. The number of imidazole rings is 1. The van der Waals surface area contributed by atoms with E-state index >= 15 is 0 Å². The van der Waals surface area contributed by atoms with Crippen LogP contribution in [-0.4, -0.2) is 39.1 Å². The second-order valence-electron chi connectivity index (χ2n) is 8.63. The van der Waals surface area contributed by atoms with E-state index in [1.54, 1.807) is 18.3 Å². The molecule has 11 heteroatoms. The Morgan fingerprint density at radius 1 is 1.26 bits per heavy atom. The van der Waals surface area contributed by atoms with Gasteiger partial charge in [0, 0.05) is 31.7 Å². The molecular weight excluding hydrogens is 421 g/mol. The fraction of sp³-hybridized carbons (Fsp3) is 0.650. The minimum absolute atomic E-state index is 0.0750. The Kier molecular flexibility index (Phi) is 5.65. The van der Waals surface area contributed by atoms with E-state index in [0.717, 1.165) is 0 Å². The molecule has 6 nitrogen and oxygen atoms in total. The fourth-order valence-electron chi connectivity index (χ4n) is 4.45. The number of nitrogens with zero attached hydrogens (tertiary/aromatic N) is 3. The molecule has 2 aromatic rings. The summed E-state index contributed by atoms with van der Waals surface area (Å²) in [5.74, 6) is -5.54. The highest BCUT2D eigenvalue weighted by atomic mass is 19.4. The fourth-order valence-corrected chi connectivity index (χ4v) is 4.45. The molecule has 31 heavy (non-hydrogen) atoms. The number of aromatic nitrogens is 3. The van der Waals surface area contributed by atoms with Crippen LogP contribution < -0.4 is 11.1 Å². The lowest BCUT2D eigenvalue weighted by atomic mass is 9.81. The van der Waals surface area contributed by atoms with Gasteiger partial charge in [-0.1, -0.05) is 0 Å². The Morgan fingerprint density at radius 2 is 1.97 bits per heavy atom. The third-order valence-electron chi connectivity index (χ3n) is 6.39. The summed E-state index contributed by atoms with van der Waals surface area (Å²) in [6.07, 6.45) is -2.69. The van der Waals surface area contributed by atoms with Gasteiger partial charge >= 0.3 is 6.18 Å². The number of fused-ring (bicyclic) bond motifs is 1. The van der Waals surface area contributed by atoms with Crippen molar-refractivity contribution in [2.45, 2.75) is 56.7 Å². The summed E-state index contributed by atoms with van der Waals surface area (Å²) >= 11 is 0. The SMILES string of the molecule is N[C@H](c1cn2nc(CC3C[C@@H](C(F)(F)F)CNC3=O)ccc2n1)C1CCC(F)(F)CC1. The van der Waals surface area contributed by atoms with Crippen LogP contribution in [0, 0.1) is 17.8 Å². The number of hydrogen-bond donors (Lipinski definition) is 2. The molecule has 1 unspecified atom stereocenters. The van der Waals surface area contributed by atoms with Crippen molar-refractivity contribution in [1.29, 1.82) is 0 Å². The van der Waals surface area contributed by atoms with Crippen molar-refractivity contribution >= 4 is 11.6 Å². The van der Waals surface area contributed by atoms with Crippen molar-refractivity contribution in [1.82, 2.24) is 19.9 Å². The summed E-state index contributed by atoms with van der Waals surface area (Å²) in [7, 11) is 0. The van der Waals surface area contributed by atoms with Gasteiger partial charge in [0.25, 0.3) is 0 Å². The molecule has 3 heterocycles. The van der Waals surface area contributed by atoms with Crippen LogP contribution in [0.25, 0.3) is 5.65 Å². The number of carbonyl (C=O) groups excluding carboxylic acids is 1. The van der Waals surface area contributed by atoms with Crippen LogP contribution in [-0.2, 0) is 11.2 Å². The lowest BCUT2D eigenvalue weighted by molar-refractivity contribution is -0.183. The monoisotopic (exact) mass is 445 g/mol. The molecular formula is C20H24F5N5O. The second kappa shape index (κ2) is 7.99. The number of nitrogens with two attached hydrogens (primary N) is 1. The van der Waals surface area contributed by atoms with E-state index in [1.165, 1.54) is 4.52 Å². The molecule has 1 saturated heterocycles. The maximum Gasteiger partial charge on any atom is 0.393 e. The van der Waals surface area contributed by atoms with E-state index in [9.17, 15) is 26.7 Å². The van der Waals surface area contributed by atoms with Gasteiger partial charge in [-0.25, -0.2) is 18.3 Å². The van der Waals surface area contributed by atoms with Gasteiger partial charge in [0.15, 0.2) is 5.65 Å². The topological polar surface area (TPSA) is 85.3 Å². The zero-order valence-corrected chi connectivity index (χ0v) is 16.7. The molecule has 1 saturated carbocycles. The van der Waals surface area contributed by atoms with Crippen molar-refractivity contribution in [3.05, 3.63) is 29.7 Å². The van der Waals surface area contributed by atoms with Gasteiger partial charge in [0.05, 0.1) is 29.5 Å². The molecule has 0 spiro atoms. The first-order valence-corrected chi connectivity index (χ1v) is 10.3. The van der Waals surface area contributed by atoms with Crippen LogP contribution in [0.1, 0.15) is 49.5 Å². The van der Waals surface area contributed by atoms with Crippen LogP contribution in [0.3, 0.4) is 0 Å². The third kappa shape index (κ3) is 4.81. The van der Waals surface area contributed by atoms with E-state index < -0.39 is 42.4 Å². The standard InChI is InChI=1S/C20H24F5N5O/c21-19(22)5-3-11(4-6-19)17(26)15-10-30-16(28-15)2-1-14(29-30)8-12-7-13(20(23,24)25)9-27-18(12)31/h1-2,10-13,17H,3-9,26H2,(H,27,31)/t12?,13-,17+/m1/s1. The Bertz CT molecular complexity index is 949. The molecule has 170 valence electrons. The summed E-state index contributed by atoms with van der Waals surface area (Å²) in [5.41, 5.74) is 7.77. The first-order valence-electron chi connectivity index (χ1n) is 10.3. The number of carbonyl (C=O) groups is 1. The van der Waals surface area contributed by atoms with Gasteiger partial charge in [0.1, 0.15) is 0 Å². The summed E-state index contributed by atoms with van der Waals surface area (Å²) < 4.78 is 67.4. The second-order valence-corrected chi connectivity index (χ2v) is 8.63. The van der Waals surface area contributed by atoms with Crippen molar-refractivity contribution in [2.75, 3.05) is 6.54 Å². The highest BCUT2D eigenvalue weighted by Gasteiger charge is 2.44. The van der Waals surface area contributed by atoms with E-state index in [0.29, 0.717) is 29.9 Å². The normalized spacial score (nSPS) is 26.1. The predicted octanol–water partition coefficient (Wildman–Crippen LogP) is 3.41. The van der Waals surface area contributed by atoms with Gasteiger partial charge < -0.3 is 11.1 Å². The highest BCUT2D eigenvalue weighted by molar-refractivity contribution is 5.79. The minimum atomic E-state index is -4.36. The Hall–Kier alpha value is -2.30. The number of nitrogens with one attached hydrogen (secondary N) is 1. The van der Waals surface area contributed by atoms with Crippen molar-refractivity contribution < 1.29 is 26.7 Å². The minimum Gasteiger partial charge on any atom is -0.355 e. The van der Waals surface area contributed by atoms with Crippen LogP contribution in [0.5, 0.6) is 0 Å². The van der Waals surface area contributed by atoms with Gasteiger partial charge in [-0.15, -0.1) is 0 Å². The molecule has 1 aliphatic carbocycles. The summed E-state index contributed by atoms with van der Waals surface area (Å²) in [6, 6.07) is 2.79. The molecule has 1 amide bonds. The van der Waals surface area contributed by atoms with Gasteiger partial charge in [0.2, 0.25) is 11.8 Å². The van der Waals surface area contributed by atoms with E-state index in [1.807, 2.05) is 0 Å². The Morgan fingerprint density at radius 3 is 2.65 bits per heavy atom. The largest absolute Gasteiger partial charge is 0.393 e. The maximum absolute atomic E-state index is 13.4. The molecule has 2 aromatic heterocycles. The predicted molar refractivity (Wildman–Crippen MR) is 101 cm³/mol. The van der Waals surface area contributed by atoms with Crippen LogP contribution in [0.2, 0.25) is 0 Å². The Labute approximate surface area is 175 Å². The first kappa shape index (κ1) is 21.9. The van der Waals surface area contributed by atoms with Crippen molar-refractivity contribution in [3.8, 4) is 0 Å². The summed E-state index contributed by atoms with van der Waals surface area (Å²) in [5, 5.41) is 6.71. The van der Waals surface area contributed by atoms with Crippen molar-refractivity contribution in [2.24, 2.45) is 23.5 Å².